The van der Waals surface area contributed by atoms with E-state index in [1.165, 1.54) is 10.4 Å². The summed E-state index contributed by atoms with van der Waals surface area (Å²) in [5.74, 6) is -2.81. The van der Waals surface area contributed by atoms with E-state index in [0.717, 1.165) is 18.2 Å². The minimum absolute atomic E-state index is 0.0533. The number of morpholine rings is 1. The Balaban J connectivity index is 1.78. The van der Waals surface area contributed by atoms with Crippen molar-refractivity contribution < 1.29 is 26.7 Å². The molecular weight excluding hydrogens is 378 g/mol. The molecule has 0 aliphatic carbocycles. The van der Waals surface area contributed by atoms with Crippen LogP contribution in [0.15, 0.2) is 47.4 Å². The zero-order chi connectivity index (χ0) is 19.4. The molecule has 144 valence electrons. The van der Waals surface area contributed by atoms with Gasteiger partial charge in [-0.2, -0.15) is 4.31 Å². The molecule has 6 nitrogen and oxygen atoms in total. The lowest BCUT2D eigenvalue weighted by Gasteiger charge is -2.27. The second kappa shape index (κ2) is 8.12. The number of carbonyl (C=O) groups excluding carboxylic acids is 1. The zero-order valence-electron chi connectivity index (χ0n) is 14.3. The number of nitrogens with one attached hydrogen (secondary N) is 1. The molecule has 0 spiro atoms. The molecule has 0 saturated carbocycles. The van der Waals surface area contributed by atoms with Gasteiger partial charge in [-0.1, -0.05) is 18.2 Å². The van der Waals surface area contributed by atoms with Crippen LogP contribution in [-0.2, 0) is 21.3 Å². The Morgan fingerprint density at radius 3 is 2.48 bits per heavy atom. The minimum atomic E-state index is -3.73. The standard InChI is InChI=1S/C18H18F2N2O4S/c19-15-6-5-13(11-16(15)20)18(23)21-12-14-3-1-2-4-17(14)27(24,25)22-7-9-26-10-8-22/h1-6,11H,7-10,12H2,(H,21,23). The summed E-state index contributed by atoms with van der Waals surface area (Å²) in [5, 5.41) is 2.54. The number of benzene rings is 2. The number of hydrogen-bond acceptors (Lipinski definition) is 4. The van der Waals surface area contributed by atoms with Gasteiger partial charge in [0.2, 0.25) is 10.0 Å². The Kier molecular flexibility index (Phi) is 5.83. The molecule has 0 atom stereocenters. The van der Waals surface area contributed by atoms with Gasteiger partial charge < -0.3 is 10.1 Å². The number of hydrogen-bond donors (Lipinski definition) is 1. The van der Waals surface area contributed by atoms with Crippen molar-refractivity contribution in [3.8, 4) is 0 Å². The summed E-state index contributed by atoms with van der Waals surface area (Å²) in [4.78, 5) is 12.3. The van der Waals surface area contributed by atoms with Crippen LogP contribution in [0.3, 0.4) is 0 Å². The molecule has 0 unspecified atom stereocenters. The Morgan fingerprint density at radius 1 is 1.07 bits per heavy atom. The minimum Gasteiger partial charge on any atom is -0.379 e. The summed E-state index contributed by atoms with van der Waals surface area (Å²) in [6, 6.07) is 9.15. The highest BCUT2D eigenvalue weighted by Gasteiger charge is 2.28. The van der Waals surface area contributed by atoms with E-state index in [2.05, 4.69) is 5.32 Å². The molecule has 9 heteroatoms. The fourth-order valence-corrected chi connectivity index (χ4v) is 4.37. The van der Waals surface area contributed by atoms with E-state index in [9.17, 15) is 22.0 Å². The van der Waals surface area contributed by atoms with Gasteiger partial charge in [0.05, 0.1) is 18.1 Å². The van der Waals surface area contributed by atoms with Crippen molar-refractivity contribution in [1.29, 1.82) is 0 Å². The molecule has 2 aromatic rings. The number of rotatable bonds is 5. The van der Waals surface area contributed by atoms with Crippen molar-refractivity contribution >= 4 is 15.9 Å². The molecule has 0 bridgehead atoms. The first-order valence-corrected chi connectivity index (χ1v) is 9.72. The normalized spacial score (nSPS) is 15.5. The van der Waals surface area contributed by atoms with E-state index in [1.54, 1.807) is 18.2 Å². The number of carbonyl (C=O) groups is 1. The first-order chi connectivity index (χ1) is 12.9. The van der Waals surface area contributed by atoms with Crippen molar-refractivity contribution in [2.75, 3.05) is 26.3 Å². The second-order valence-electron chi connectivity index (χ2n) is 5.94. The maximum atomic E-state index is 13.3. The Labute approximate surface area is 155 Å². The van der Waals surface area contributed by atoms with Crippen molar-refractivity contribution in [3.63, 3.8) is 0 Å². The lowest BCUT2D eigenvalue weighted by Crippen LogP contribution is -2.41. The first kappa shape index (κ1) is 19.4. The van der Waals surface area contributed by atoms with Gasteiger partial charge in [-0.05, 0) is 29.8 Å². The van der Waals surface area contributed by atoms with Gasteiger partial charge in [0.1, 0.15) is 0 Å². The van der Waals surface area contributed by atoms with Crippen LogP contribution in [0.2, 0.25) is 0 Å². The number of sulfonamides is 1. The molecule has 1 fully saturated rings. The van der Waals surface area contributed by atoms with E-state index >= 15 is 0 Å². The fourth-order valence-electron chi connectivity index (χ4n) is 2.74. The molecule has 27 heavy (non-hydrogen) atoms. The predicted molar refractivity (Wildman–Crippen MR) is 93.5 cm³/mol. The molecule has 1 saturated heterocycles. The van der Waals surface area contributed by atoms with Crippen LogP contribution in [0, 0.1) is 11.6 Å². The predicted octanol–water partition coefficient (Wildman–Crippen LogP) is 1.92. The summed E-state index contributed by atoms with van der Waals surface area (Å²) in [6.45, 7) is 1.11. The molecule has 1 heterocycles. The number of halogens is 2. The topological polar surface area (TPSA) is 75.7 Å². The van der Waals surface area contributed by atoms with Gasteiger partial charge in [0.15, 0.2) is 11.6 Å². The molecule has 0 aromatic heterocycles. The first-order valence-electron chi connectivity index (χ1n) is 8.28. The van der Waals surface area contributed by atoms with Crippen molar-refractivity contribution in [2.45, 2.75) is 11.4 Å². The lowest BCUT2D eigenvalue weighted by molar-refractivity contribution is 0.0730. The SMILES string of the molecule is O=C(NCc1ccccc1S(=O)(=O)N1CCOCC1)c1ccc(F)c(F)c1. The molecule has 1 aliphatic rings. The van der Waals surface area contributed by atoms with Gasteiger partial charge in [-0.3, -0.25) is 4.79 Å². The van der Waals surface area contributed by atoms with E-state index in [4.69, 9.17) is 4.74 Å². The second-order valence-corrected chi connectivity index (χ2v) is 7.84. The average Bonchev–Trinajstić information content (AvgIpc) is 2.69. The van der Waals surface area contributed by atoms with Gasteiger partial charge >= 0.3 is 0 Å². The molecule has 3 rings (SSSR count). The van der Waals surface area contributed by atoms with Crippen LogP contribution in [0.1, 0.15) is 15.9 Å². The lowest BCUT2D eigenvalue weighted by atomic mass is 10.2. The molecule has 0 radical (unpaired) electrons. The average molecular weight is 396 g/mol. The molecule has 1 N–H and O–H groups in total. The maximum absolute atomic E-state index is 13.3. The van der Waals surface area contributed by atoms with Crippen LogP contribution < -0.4 is 5.32 Å². The van der Waals surface area contributed by atoms with E-state index in [-0.39, 0.29) is 30.1 Å². The van der Waals surface area contributed by atoms with Gasteiger partial charge in [-0.15, -0.1) is 0 Å². The summed E-state index contributed by atoms with van der Waals surface area (Å²) in [5.41, 5.74) is 0.349. The molecular formula is C18H18F2N2O4S. The third-order valence-corrected chi connectivity index (χ3v) is 6.18. The van der Waals surface area contributed by atoms with Gasteiger partial charge in [-0.25, -0.2) is 17.2 Å². The Bertz CT molecular complexity index is 944. The third-order valence-electron chi connectivity index (χ3n) is 4.18. The van der Waals surface area contributed by atoms with Crippen molar-refractivity contribution in [2.24, 2.45) is 0 Å². The largest absolute Gasteiger partial charge is 0.379 e. The van der Waals surface area contributed by atoms with Gasteiger partial charge in [0, 0.05) is 25.2 Å². The zero-order valence-corrected chi connectivity index (χ0v) is 15.1. The molecule has 2 aromatic carbocycles. The van der Waals surface area contributed by atoms with Crippen molar-refractivity contribution in [1.82, 2.24) is 9.62 Å². The Morgan fingerprint density at radius 2 is 1.78 bits per heavy atom. The third kappa shape index (κ3) is 4.32. The van der Waals surface area contributed by atoms with Crippen molar-refractivity contribution in [3.05, 3.63) is 65.2 Å². The van der Waals surface area contributed by atoms with Crippen LogP contribution >= 0.6 is 0 Å². The summed E-state index contributed by atoms with van der Waals surface area (Å²) < 4.78 is 58.5. The number of ether oxygens (including phenoxy) is 1. The Hall–Kier alpha value is -2.36. The molecule has 1 aliphatic heterocycles. The summed E-state index contributed by atoms with van der Waals surface area (Å²) >= 11 is 0. The van der Waals surface area contributed by atoms with Crippen LogP contribution in [0.4, 0.5) is 8.78 Å². The van der Waals surface area contributed by atoms with Gasteiger partial charge in [0.25, 0.3) is 5.91 Å². The highest BCUT2D eigenvalue weighted by atomic mass is 32.2. The highest BCUT2D eigenvalue weighted by Crippen LogP contribution is 2.21. The summed E-state index contributed by atoms with van der Waals surface area (Å²) in [7, 11) is -3.73. The summed E-state index contributed by atoms with van der Waals surface area (Å²) in [6.07, 6.45) is 0. The molecule has 1 amide bonds. The number of amides is 1. The van der Waals surface area contributed by atoms with E-state index < -0.39 is 27.6 Å². The fraction of sp³-hybridized carbons (Fsp3) is 0.278. The maximum Gasteiger partial charge on any atom is 0.251 e. The smallest absolute Gasteiger partial charge is 0.251 e. The van der Waals surface area contributed by atoms with E-state index in [0.29, 0.717) is 18.8 Å². The van der Waals surface area contributed by atoms with Crippen LogP contribution in [0.25, 0.3) is 0 Å². The monoisotopic (exact) mass is 396 g/mol. The number of nitrogens with zero attached hydrogens (tertiary/aromatic N) is 1. The van der Waals surface area contributed by atoms with E-state index in [1.807, 2.05) is 0 Å². The quantitative estimate of drug-likeness (QED) is 0.838. The van der Waals surface area contributed by atoms with Crippen LogP contribution in [-0.4, -0.2) is 44.9 Å². The van der Waals surface area contributed by atoms with Crippen LogP contribution in [0.5, 0.6) is 0 Å². The highest BCUT2D eigenvalue weighted by molar-refractivity contribution is 7.89.